The van der Waals surface area contributed by atoms with Crippen molar-refractivity contribution in [2.24, 2.45) is 5.10 Å². The number of nitrogens with zero attached hydrogens (tertiary/aromatic N) is 2. The zero-order valence-corrected chi connectivity index (χ0v) is 15.9. The zero-order chi connectivity index (χ0) is 18.4. The molecular weight excluding hydrogens is 356 g/mol. The van der Waals surface area contributed by atoms with Gasteiger partial charge in [-0.1, -0.05) is 36.4 Å². The Morgan fingerprint density at radius 3 is 2.48 bits per heavy atom. The third-order valence-electron chi connectivity index (χ3n) is 3.42. The van der Waals surface area contributed by atoms with Crippen LogP contribution in [0.1, 0.15) is 11.1 Å². The molecule has 0 saturated heterocycles. The summed E-state index contributed by atoms with van der Waals surface area (Å²) in [5.74, 6) is 0. The molecule has 0 fully saturated rings. The molecule has 2 rings (SSSR count). The van der Waals surface area contributed by atoms with E-state index in [4.69, 9.17) is 12.2 Å². The second-order valence-corrected chi connectivity index (χ2v) is 8.06. The van der Waals surface area contributed by atoms with Gasteiger partial charge in [-0.25, -0.2) is 12.7 Å². The van der Waals surface area contributed by atoms with E-state index in [1.807, 2.05) is 37.3 Å². The van der Waals surface area contributed by atoms with Crippen LogP contribution in [-0.4, -0.2) is 38.1 Å². The Hall–Kier alpha value is -2.29. The average Bonchev–Trinajstić information content (AvgIpc) is 2.57. The lowest BCUT2D eigenvalue weighted by Gasteiger charge is -2.15. The fourth-order valence-corrected chi connectivity index (χ4v) is 3.05. The molecule has 0 atom stereocenters. The fraction of sp³-hybridized carbons (Fsp3) is 0.176. The van der Waals surface area contributed by atoms with Crippen LogP contribution in [0.4, 0.5) is 5.69 Å². The SMILES string of the molecule is Cc1ccc(S(=O)(=O)N(C)C)cc1NC(=S)N/N=C/c1ccccc1. The van der Waals surface area contributed by atoms with Gasteiger partial charge in [0.2, 0.25) is 10.0 Å². The highest BCUT2D eigenvalue weighted by molar-refractivity contribution is 7.89. The van der Waals surface area contributed by atoms with E-state index in [9.17, 15) is 8.42 Å². The number of nitrogens with one attached hydrogen (secondary N) is 2. The summed E-state index contributed by atoms with van der Waals surface area (Å²) < 4.78 is 25.6. The van der Waals surface area contributed by atoms with Crippen molar-refractivity contribution in [3.8, 4) is 0 Å². The third-order valence-corrected chi connectivity index (χ3v) is 5.42. The van der Waals surface area contributed by atoms with E-state index in [-0.39, 0.29) is 10.0 Å². The summed E-state index contributed by atoms with van der Waals surface area (Å²) in [4.78, 5) is 0.196. The number of sulfonamides is 1. The highest BCUT2D eigenvalue weighted by Gasteiger charge is 2.18. The molecule has 0 radical (unpaired) electrons. The highest BCUT2D eigenvalue weighted by atomic mass is 32.2. The lowest BCUT2D eigenvalue weighted by molar-refractivity contribution is 0.521. The Morgan fingerprint density at radius 2 is 1.84 bits per heavy atom. The maximum atomic E-state index is 12.2. The molecule has 25 heavy (non-hydrogen) atoms. The minimum absolute atomic E-state index is 0.196. The van der Waals surface area contributed by atoms with E-state index < -0.39 is 10.0 Å². The molecule has 0 heterocycles. The van der Waals surface area contributed by atoms with Gasteiger partial charge in [0.15, 0.2) is 5.11 Å². The summed E-state index contributed by atoms with van der Waals surface area (Å²) in [6, 6.07) is 14.4. The molecule has 0 bridgehead atoms. The van der Waals surface area contributed by atoms with Crippen LogP contribution in [0, 0.1) is 6.92 Å². The van der Waals surface area contributed by atoms with Gasteiger partial charge in [0.25, 0.3) is 0 Å². The molecule has 0 spiro atoms. The molecule has 2 aromatic carbocycles. The van der Waals surface area contributed by atoms with Crippen LogP contribution < -0.4 is 10.7 Å². The van der Waals surface area contributed by atoms with E-state index in [1.165, 1.54) is 18.4 Å². The summed E-state index contributed by atoms with van der Waals surface area (Å²) >= 11 is 5.20. The standard InChI is InChI=1S/C17H20N4O2S2/c1-13-9-10-15(25(22,23)21(2)3)11-16(13)19-17(24)20-18-12-14-7-5-4-6-8-14/h4-12H,1-3H3,(H2,19,20,24)/b18-12+. The van der Waals surface area contributed by atoms with Crippen molar-refractivity contribution >= 4 is 39.3 Å². The largest absolute Gasteiger partial charge is 0.331 e. The molecule has 132 valence electrons. The fourth-order valence-electron chi connectivity index (χ4n) is 1.96. The van der Waals surface area contributed by atoms with Crippen molar-refractivity contribution < 1.29 is 8.42 Å². The Balaban J connectivity index is 2.09. The number of rotatable bonds is 5. The third kappa shape index (κ3) is 5.09. The number of benzene rings is 2. The molecular formula is C17H20N4O2S2. The molecule has 0 aliphatic heterocycles. The van der Waals surface area contributed by atoms with Crippen molar-refractivity contribution in [1.29, 1.82) is 0 Å². The number of aryl methyl sites for hydroxylation is 1. The second-order valence-electron chi connectivity index (χ2n) is 5.50. The molecule has 2 N–H and O–H groups in total. The maximum Gasteiger partial charge on any atom is 0.242 e. The number of anilines is 1. The van der Waals surface area contributed by atoms with Crippen LogP contribution in [0.2, 0.25) is 0 Å². The van der Waals surface area contributed by atoms with Crippen LogP contribution in [0.3, 0.4) is 0 Å². The lowest BCUT2D eigenvalue weighted by atomic mass is 10.2. The molecule has 2 aromatic rings. The van der Waals surface area contributed by atoms with Crippen molar-refractivity contribution in [1.82, 2.24) is 9.73 Å². The number of hydrazone groups is 1. The molecule has 0 aliphatic rings. The quantitative estimate of drug-likeness (QED) is 0.477. The van der Waals surface area contributed by atoms with Gasteiger partial charge >= 0.3 is 0 Å². The van der Waals surface area contributed by atoms with Crippen LogP contribution >= 0.6 is 12.2 Å². The molecule has 0 unspecified atom stereocenters. The van der Waals surface area contributed by atoms with Gasteiger partial charge in [-0.15, -0.1) is 0 Å². The van der Waals surface area contributed by atoms with Gasteiger partial charge in [-0.3, -0.25) is 5.43 Å². The number of thiocarbonyl (C=S) groups is 1. The first-order chi connectivity index (χ1) is 11.8. The number of hydrogen-bond donors (Lipinski definition) is 2. The first-order valence-electron chi connectivity index (χ1n) is 7.49. The van der Waals surface area contributed by atoms with Crippen LogP contribution in [0.5, 0.6) is 0 Å². The smallest absolute Gasteiger partial charge is 0.242 e. The van der Waals surface area contributed by atoms with E-state index >= 15 is 0 Å². The number of hydrogen-bond acceptors (Lipinski definition) is 4. The van der Waals surface area contributed by atoms with Crippen molar-refractivity contribution in [2.75, 3.05) is 19.4 Å². The minimum atomic E-state index is -3.50. The zero-order valence-electron chi connectivity index (χ0n) is 14.2. The van der Waals surface area contributed by atoms with Gasteiger partial charge < -0.3 is 5.32 Å². The van der Waals surface area contributed by atoms with E-state index in [0.29, 0.717) is 5.69 Å². The van der Waals surface area contributed by atoms with Crippen LogP contribution in [-0.2, 0) is 10.0 Å². The van der Waals surface area contributed by atoms with Gasteiger partial charge in [0, 0.05) is 19.8 Å². The minimum Gasteiger partial charge on any atom is -0.331 e. The topological polar surface area (TPSA) is 73.8 Å². The van der Waals surface area contributed by atoms with Gasteiger partial charge in [-0.05, 0) is 42.4 Å². The van der Waals surface area contributed by atoms with Crippen molar-refractivity contribution in [2.45, 2.75) is 11.8 Å². The molecule has 0 aromatic heterocycles. The molecule has 8 heteroatoms. The Morgan fingerprint density at radius 1 is 1.16 bits per heavy atom. The molecule has 6 nitrogen and oxygen atoms in total. The molecule has 0 amide bonds. The van der Waals surface area contributed by atoms with E-state index in [1.54, 1.807) is 24.4 Å². The molecule has 0 saturated carbocycles. The average molecular weight is 377 g/mol. The molecule has 0 aliphatic carbocycles. The predicted molar refractivity (Wildman–Crippen MR) is 105 cm³/mol. The normalized spacial score (nSPS) is 11.7. The van der Waals surface area contributed by atoms with Crippen molar-refractivity contribution in [3.05, 3.63) is 59.7 Å². The highest BCUT2D eigenvalue weighted by Crippen LogP contribution is 2.21. The van der Waals surface area contributed by atoms with Gasteiger partial charge in [0.05, 0.1) is 11.1 Å². The van der Waals surface area contributed by atoms with Gasteiger partial charge in [0.1, 0.15) is 0 Å². The monoisotopic (exact) mass is 376 g/mol. The predicted octanol–water partition coefficient (Wildman–Crippen LogP) is 2.57. The van der Waals surface area contributed by atoms with E-state index in [2.05, 4.69) is 15.8 Å². The first kappa shape index (κ1) is 19.0. The Bertz CT molecular complexity index is 879. The summed E-state index contributed by atoms with van der Waals surface area (Å²) in [6.45, 7) is 1.87. The second kappa shape index (κ2) is 8.19. The summed E-state index contributed by atoms with van der Waals surface area (Å²) in [5, 5.41) is 7.31. The lowest BCUT2D eigenvalue weighted by Crippen LogP contribution is -2.25. The summed E-state index contributed by atoms with van der Waals surface area (Å²) in [5.41, 5.74) is 5.13. The van der Waals surface area contributed by atoms with E-state index in [0.717, 1.165) is 11.1 Å². The summed E-state index contributed by atoms with van der Waals surface area (Å²) in [6.07, 6.45) is 1.65. The van der Waals surface area contributed by atoms with Crippen molar-refractivity contribution in [3.63, 3.8) is 0 Å². The Labute approximate surface area is 153 Å². The van der Waals surface area contributed by atoms with Crippen LogP contribution in [0.15, 0.2) is 58.5 Å². The van der Waals surface area contributed by atoms with Gasteiger partial charge in [-0.2, -0.15) is 5.10 Å². The first-order valence-corrected chi connectivity index (χ1v) is 9.34. The summed E-state index contributed by atoms with van der Waals surface area (Å²) in [7, 11) is -0.519. The maximum absolute atomic E-state index is 12.2. The Kier molecular flexibility index (Phi) is 6.24. The van der Waals surface area contributed by atoms with Crippen LogP contribution in [0.25, 0.3) is 0 Å².